The number of anilines is 1. The van der Waals surface area contributed by atoms with E-state index < -0.39 is 24.3 Å². The standard InChI is InChI=1S/C21H22FNO5/c1-3-26-18-10-9-17(13-19(18)27-4-2)23-20(24)14-28-21(25)11-8-15-6-5-7-16(22)12-15/h5-13H,3-4,14H2,1-2H3,(H,23,24)/b11-8+. The molecule has 0 heterocycles. The number of carbonyl (C=O) groups is 2. The third-order valence-corrected chi connectivity index (χ3v) is 3.43. The second-order valence-corrected chi connectivity index (χ2v) is 5.57. The summed E-state index contributed by atoms with van der Waals surface area (Å²) in [5.74, 6) is -0.523. The predicted molar refractivity (Wildman–Crippen MR) is 104 cm³/mol. The van der Waals surface area contributed by atoms with Crippen LogP contribution in [-0.4, -0.2) is 31.7 Å². The summed E-state index contributed by atoms with van der Waals surface area (Å²) >= 11 is 0. The summed E-state index contributed by atoms with van der Waals surface area (Å²) < 4.78 is 28.9. The highest BCUT2D eigenvalue weighted by Crippen LogP contribution is 2.30. The largest absolute Gasteiger partial charge is 0.490 e. The molecule has 2 rings (SSSR count). The molecule has 0 radical (unpaired) electrons. The maximum Gasteiger partial charge on any atom is 0.331 e. The van der Waals surface area contributed by atoms with Crippen molar-refractivity contribution >= 4 is 23.6 Å². The van der Waals surface area contributed by atoms with Gasteiger partial charge in [0.2, 0.25) is 0 Å². The Bertz CT molecular complexity index is 850. The first kappa shape index (κ1) is 21.0. The number of esters is 1. The van der Waals surface area contributed by atoms with E-state index in [-0.39, 0.29) is 0 Å². The highest BCUT2D eigenvalue weighted by molar-refractivity contribution is 5.94. The Morgan fingerprint density at radius 3 is 2.50 bits per heavy atom. The van der Waals surface area contributed by atoms with Gasteiger partial charge in [-0.25, -0.2) is 9.18 Å². The van der Waals surface area contributed by atoms with Crippen molar-refractivity contribution in [3.8, 4) is 11.5 Å². The van der Waals surface area contributed by atoms with Crippen LogP contribution in [0.4, 0.5) is 10.1 Å². The zero-order valence-corrected chi connectivity index (χ0v) is 15.7. The molecule has 0 atom stereocenters. The zero-order valence-electron chi connectivity index (χ0n) is 15.7. The fourth-order valence-electron chi connectivity index (χ4n) is 2.29. The van der Waals surface area contributed by atoms with E-state index in [0.717, 1.165) is 6.08 Å². The van der Waals surface area contributed by atoms with E-state index in [1.165, 1.54) is 24.3 Å². The Morgan fingerprint density at radius 1 is 1.04 bits per heavy atom. The highest BCUT2D eigenvalue weighted by atomic mass is 19.1. The minimum Gasteiger partial charge on any atom is -0.490 e. The van der Waals surface area contributed by atoms with Crippen molar-refractivity contribution in [3.63, 3.8) is 0 Å². The maximum absolute atomic E-state index is 13.1. The van der Waals surface area contributed by atoms with Gasteiger partial charge in [-0.05, 0) is 49.8 Å². The van der Waals surface area contributed by atoms with Gasteiger partial charge >= 0.3 is 5.97 Å². The van der Waals surface area contributed by atoms with Crippen LogP contribution >= 0.6 is 0 Å². The van der Waals surface area contributed by atoms with Gasteiger partial charge < -0.3 is 19.5 Å². The summed E-state index contributed by atoms with van der Waals surface area (Å²) in [7, 11) is 0. The van der Waals surface area contributed by atoms with E-state index in [1.54, 1.807) is 24.3 Å². The molecule has 0 saturated heterocycles. The fourth-order valence-corrected chi connectivity index (χ4v) is 2.29. The molecule has 28 heavy (non-hydrogen) atoms. The van der Waals surface area contributed by atoms with Gasteiger partial charge in [0, 0.05) is 17.8 Å². The first-order valence-electron chi connectivity index (χ1n) is 8.81. The molecule has 0 aliphatic heterocycles. The average molecular weight is 387 g/mol. The third kappa shape index (κ3) is 6.75. The molecule has 7 heteroatoms. The van der Waals surface area contributed by atoms with Crippen molar-refractivity contribution in [1.29, 1.82) is 0 Å². The van der Waals surface area contributed by atoms with Crippen LogP contribution in [0.1, 0.15) is 19.4 Å². The van der Waals surface area contributed by atoms with Gasteiger partial charge in [0.15, 0.2) is 18.1 Å². The predicted octanol–water partition coefficient (Wildman–Crippen LogP) is 3.82. The molecule has 0 aliphatic carbocycles. The molecule has 1 N–H and O–H groups in total. The number of hydrogen-bond acceptors (Lipinski definition) is 5. The SMILES string of the molecule is CCOc1ccc(NC(=O)COC(=O)/C=C/c2cccc(F)c2)cc1OCC. The van der Waals surface area contributed by atoms with Gasteiger partial charge in [0.1, 0.15) is 5.82 Å². The van der Waals surface area contributed by atoms with E-state index in [9.17, 15) is 14.0 Å². The lowest BCUT2D eigenvalue weighted by atomic mass is 10.2. The summed E-state index contributed by atoms with van der Waals surface area (Å²) in [5, 5.41) is 2.62. The number of rotatable bonds is 9. The van der Waals surface area contributed by atoms with Crippen molar-refractivity contribution in [2.75, 3.05) is 25.1 Å². The molecule has 1 amide bonds. The first-order chi connectivity index (χ1) is 13.5. The van der Waals surface area contributed by atoms with Gasteiger partial charge in [-0.1, -0.05) is 12.1 Å². The summed E-state index contributed by atoms with van der Waals surface area (Å²) in [6, 6.07) is 10.7. The minimum atomic E-state index is -0.707. The highest BCUT2D eigenvalue weighted by Gasteiger charge is 2.10. The average Bonchev–Trinajstić information content (AvgIpc) is 2.67. The van der Waals surface area contributed by atoms with E-state index in [0.29, 0.717) is 36.0 Å². The first-order valence-corrected chi connectivity index (χ1v) is 8.81. The Hall–Kier alpha value is -3.35. The summed E-state index contributed by atoms with van der Waals surface area (Å²) in [6.07, 6.45) is 2.54. The minimum absolute atomic E-state index is 0.406. The molecule has 2 aromatic carbocycles. The van der Waals surface area contributed by atoms with E-state index in [2.05, 4.69) is 5.32 Å². The summed E-state index contributed by atoms with van der Waals surface area (Å²) in [4.78, 5) is 23.7. The Balaban J connectivity index is 1.87. The quantitative estimate of drug-likeness (QED) is 0.523. The smallest absolute Gasteiger partial charge is 0.331 e. The lowest BCUT2D eigenvalue weighted by Crippen LogP contribution is -2.20. The Kier molecular flexibility index (Phi) is 8.02. The van der Waals surface area contributed by atoms with Crippen LogP contribution in [0.5, 0.6) is 11.5 Å². The van der Waals surface area contributed by atoms with Crippen LogP contribution in [0.25, 0.3) is 6.08 Å². The molecule has 0 aliphatic rings. The van der Waals surface area contributed by atoms with Crippen molar-refractivity contribution in [1.82, 2.24) is 0 Å². The van der Waals surface area contributed by atoms with Crippen LogP contribution in [0.2, 0.25) is 0 Å². The number of hydrogen-bond donors (Lipinski definition) is 1. The maximum atomic E-state index is 13.1. The molecule has 6 nitrogen and oxygen atoms in total. The van der Waals surface area contributed by atoms with Gasteiger partial charge in [-0.15, -0.1) is 0 Å². The van der Waals surface area contributed by atoms with Crippen LogP contribution < -0.4 is 14.8 Å². The molecular formula is C21H22FNO5. The number of halogens is 1. The number of ether oxygens (including phenoxy) is 3. The molecule has 0 saturated carbocycles. The molecule has 0 fully saturated rings. The van der Waals surface area contributed by atoms with Gasteiger partial charge in [-0.2, -0.15) is 0 Å². The molecule has 0 unspecified atom stereocenters. The molecule has 0 spiro atoms. The monoisotopic (exact) mass is 387 g/mol. The van der Waals surface area contributed by atoms with Crippen molar-refractivity contribution in [3.05, 3.63) is 59.9 Å². The van der Waals surface area contributed by atoms with Crippen LogP contribution in [0, 0.1) is 5.82 Å². The second kappa shape index (κ2) is 10.7. The third-order valence-electron chi connectivity index (χ3n) is 3.43. The number of benzene rings is 2. The van der Waals surface area contributed by atoms with Crippen LogP contribution in [0.3, 0.4) is 0 Å². The number of carbonyl (C=O) groups excluding carboxylic acids is 2. The lowest BCUT2D eigenvalue weighted by molar-refractivity contribution is -0.142. The number of amides is 1. The number of nitrogens with one attached hydrogen (secondary N) is 1. The summed E-state index contributed by atoms with van der Waals surface area (Å²) in [5.41, 5.74) is 1.00. The van der Waals surface area contributed by atoms with Crippen molar-refractivity contribution in [2.24, 2.45) is 0 Å². The molecule has 0 aromatic heterocycles. The second-order valence-electron chi connectivity index (χ2n) is 5.57. The normalized spacial score (nSPS) is 10.5. The molecule has 2 aromatic rings. The Labute approximate surface area is 162 Å². The van der Waals surface area contributed by atoms with E-state index >= 15 is 0 Å². The molecule has 0 bridgehead atoms. The zero-order chi connectivity index (χ0) is 20.4. The molecular weight excluding hydrogens is 365 g/mol. The van der Waals surface area contributed by atoms with Crippen LogP contribution in [0.15, 0.2) is 48.5 Å². The summed E-state index contributed by atoms with van der Waals surface area (Å²) in [6.45, 7) is 4.20. The van der Waals surface area contributed by atoms with Gasteiger partial charge in [0.25, 0.3) is 5.91 Å². The van der Waals surface area contributed by atoms with E-state index in [4.69, 9.17) is 14.2 Å². The fraction of sp³-hybridized carbons (Fsp3) is 0.238. The van der Waals surface area contributed by atoms with Crippen molar-refractivity contribution < 1.29 is 28.2 Å². The Morgan fingerprint density at radius 2 is 1.79 bits per heavy atom. The lowest BCUT2D eigenvalue weighted by Gasteiger charge is -2.13. The van der Waals surface area contributed by atoms with Gasteiger partial charge in [0.05, 0.1) is 13.2 Å². The van der Waals surface area contributed by atoms with E-state index in [1.807, 2.05) is 13.8 Å². The van der Waals surface area contributed by atoms with Crippen LogP contribution in [-0.2, 0) is 14.3 Å². The topological polar surface area (TPSA) is 73.9 Å². The van der Waals surface area contributed by atoms with Gasteiger partial charge in [-0.3, -0.25) is 4.79 Å². The van der Waals surface area contributed by atoms with Crippen molar-refractivity contribution in [2.45, 2.75) is 13.8 Å². The molecule has 148 valence electrons.